The highest BCUT2D eigenvalue weighted by Gasteiger charge is 2.13. The summed E-state index contributed by atoms with van der Waals surface area (Å²) in [5.41, 5.74) is 4.22. The Morgan fingerprint density at radius 1 is 1.07 bits per heavy atom. The third-order valence-corrected chi connectivity index (χ3v) is 5.11. The van der Waals surface area contributed by atoms with Gasteiger partial charge in [0.25, 0.3) is 5.91 Å². The summed E-state index contributed by atoms with van der Waals surface area (Å²) < 4.78 is 12.6. The number of nitrogens with one attached hydrogen (secondary N) is 1. The molecule has 0 fully saturated rings. The summed E-state index contributed by atoms with van der Waals surface area (Å²) in [5.74, 6) is 0.458. The van der Waals surface area contributed by atoms with Gasteiger partial charge in [0.1, 0.15) is 5.52 Å². The minimum absolute atomic E-state index is 0.237. The molecule has 0 bridgehead atoms. The third kappa shape index (κ3) is 3.70. The molecule has 136 valence electrons. The Morgan fingerprint density at radius 2 is 1.85 bits per heavy atom. The van der Waals surface area contributed by atoms with Gasteiger partial charge in [-0.25, -0.2) is 4.98 Å². The van der Waals surface area contributed by atoms with Crippen molar-refractivity contribution in [1.82, 2.24) is 4.98 Å². The van der Waals surface area contributed by atoms with E-state index in [-0.39, 0.29) is 11.7 Å². The van der Waals surface area contributed by atoms with E-state index in [0.717, 1.165) is 27.6 Å². The van der Waals surface area contributed by atoms with Crippen LogP contribution in [0.3, 0.4) is 0 Å². The number of aromatic nitrogens is 1. The number of hydrogen-bond acceptors (Lipinski definition) is 4. The molecule has 1 amide bonds. The minimum atomic E-state index is -0.314. The van der Waals surface area contributed by atoms with Crippen molar-refractivity contribution in [3.63, 3.8) is 0 Å². The lowest BCUT2D eigenvalue weighted by atomic mass is 10.1. The molecule has 0 aliphatic heterocycles. The fourth-order valence-corrected chi connectivity index (χ4v) is 3.58. The number of nitrogens with zero attached hydrogens (tertiary/aromatic N) is 1. The van der Waals surface area contributed by atoms with E-state index in [1.54, 1.807) is 24.3 Å². The second kappa shape index (κ2) is 7.32. The van der Waals surface area contributed by atoms with Gasteiger partial charge >= 0.3 is 0 Å². The van der Waals surface area contributed by atoms with Gasteiger partial charge in [0.15, 0.2) is 16.0 Å². The lowest BCUT2D eigenvalue weighted by Crippen LogP contribution is -2.10. The summed E-state index contributed by atoms with van der Waals surface area (Å²) in [5, 5.41) is 2.79. The molecule has 0 aliphatic carbocycles. The molecule has 4 aromatic rings. The molecule has 2 heterocycles. The lowest BCUT2D eigenvalue weighted by molar-refractivity contribution is 0.0995. The Balaban J connectivity index is 1.58. The molecule has 0 saturated heterocycles. The number of aryl methyl sites for hydroxylation is 1. The summed E-state index contributed by atoms with van der Waals surface area (Å²) in [6, 6.07) is 14.7. The van der Waals surface area contributed by atoms with Crippen LogP contribution in [0.25, 0.3) is 22.6 Å². The van der Waals surface area contributed by atoms with Crippen LogP contribution in [0.2, 0.25) is 0 Å². The second-order valence-corrected chi connectivity index (χ2v) is 7.57. The second-order valence-electron chi connectivity index (χ2n) is 5.93. The zero-order valence-corrected chi connectivity index (χ0v) is 17.4. The minimum Gasteiger partial charge on any atom is -0.444 e. The smallest absolute Gasteiger partial charge is 0.291 e. The Morgan fingerprint density at radius 3 is 2.52 bits per heavy atom. The van der Waals surface area contributed by atoms with Gasteiger partial charge in [-0.3, -0.25) is 4.79 Å². The zero-order valence-electron chi connectivity index (χ0n) is 14.3. The molecule has 0 spiro atoms. The van der Waals surface area contributed by atoms with Gasteiger partial charge in [-0.1, -0.05) is 6.92 Å². The number of carbonyl (C=O) groups excluding carboxylic acids is 1. The van der Waals surface area contributed by atoms with Crippen molar-refractivity contribution >= 4 is 54.6 Å². The van der Waals surface area contributed by atoms with Gasteiger partial charge in [0.05, 0.1) is 4.47 Å². The van der Waals surface area contributed by atoms with Crippen molar-refractivity contribution in [2.75, 3.05) is 5.32 Å². The molecule has 2 aromatic heterocycles. The summed E-state index contributed by atoms with van der Waals surface area (Å²) in [7, 11) is 0. The van der Waals surface area contributed by atoms with E-state index in [9.17, 15) is 4.79 Å². The van der Waals surface area contributed by atoms with Crippen molar-refractivity contribution in [3.8, 4) is 11.5 Å². The number of fused-ring (bicyclic) bond motifs is 1. The van der Waals surface area contributed by atoms with Crippen LogP contribution in [0.1, 0.15) is 23.0 Å². The van der Waals surface area contributed by atoms with E-state index in [2.05, 4.69) is 49.1 Å². The first-order chi connectivity index (χ1) is 13.0. The van der Waals surface area contributed by atoms with Gasteiger partial charge in [0, 0.05) is 11.3 Å². The van der Waals surface area contributed by atoms with Crippen molar-refractivity contribution in [1.29, 1.82) is 0 Å². The first-order valence-electron chi connectivity index (χ1n) is 8.29. The monoisotopic (exact) mass is 488 g/mol. The first-order valence-corrected chi connectivity index (χ1v) is 9.88. The Labute approximate surface area is 172 Å². The zero-order chi connectivity index (χ0) is 19.0. The maximum absolute atomic E-state index is 12.1. The molecule has 27 heavy (non-hydrogen) atoms. The fraction of sp³-hybridized carbons (Fsp3) is 0.100. The summed E-state index contributed by atoms with van der Waals surface area (Å²) in [6.07, 6.45) is 0.928. The molecular formula is C20H14Br2N2O3. The van der Waals surface area contributed by atoms with Crippen LogP contribution in [0.4, 0.5) is 5.69 Å². The van der Waals surface area contributed by atoms with E-state index >= 15 is 0 Å². The van der Waals surface area contributed by atoms with Crippen LogP contribution in [0.15, 0.2) is 66.5 Å². The number of halogens is 2. The number of carbonyl (C=O) groups is 1. The molecule has 7 heteroatoms. The number of rotatable bonds is 4. The summed E-state index contributed by atoms with van der Waals surface area (Å²) in [4.78, 5) is 16.7. The number of hydrogen-bond donors (Lipinski definition) is 1. The molecule has 0 saturated carbocycles. The largest absolute Gasteiger partial charge is 0.444 e. The van der Waals surface area contributed by atoms with Crippen molar-refractivity contribution in [3.05, 3.63) is 69.0 Å². The normalized spacial score (nSPS) is 11.1. The first kappa shape index (κ1) is 18.0. The van der Waals surface area contributed by atoms with Gasteiger partial charge in [-0.05, 0) is 92.4 Å². The fourth-order valence-electron chi connectivity index (χ4n) is 2.70. The van der Waals surface area contributed by atoms with Gasteiger partial charge in [-0.15, -0.1) is 0 Å². The van der Waals surface area contributed by atoms with Gasteiger partial charge in [0.2, 0.25) is 5.89 Å². The molecule has 0 unspecified atom stereocenters. The van der Waals surface area contributed by atoms with Crippen molar-refractivity contribution in [2.45, 2.75) is 13.3 Å². The summed E-state index contributed by atoms with van der Waals surface area (Å²) in [6.45, 7) is 2.10. The van der Waals surface area contributed by atoms with Crippen LogP contribution in [0.5, 0.6) is 0 Å². The van der Waals surface area contributed by atoms with Crippen LogP contribution >= 0.6 is 31.9 Å². The number of amides is 1. The van der Waals surface area contributed by atoms with E-state index in [0.29, 0.717) is 16.2 Å². The van der Waals surface area contributed by atoms with Crippen molar-refractivity contribution in [2.24, 2.45) is 0 Å². The van der Waals surface area contributed by atoms with Gasteiger partial charge < -0.3 is 14.2 Å². The van der Waals surface area contributed by atoms with Crippen LogP contribution in [-0.2, 0) is 6.42 Å². The van der Waals surface area contributed by atoms with Crippen molar-refractivity contribution < 1.29 is 13.6 Å². The Bertz CT molecular complexity index is 1130. The predicted molar refractivity (Wildman–Crippen MR) is 111 cm³/mol. The molecule has 0 aliphatic rings. The Hall–Kier alpha value is -2.38. The molecule has 1 N–H and O–H groups in total. The maximum Gasteiger partial charge on any atom is 0.291 e. The van der Waals surface area contributed by atoms with Crippen LogP contribution in [0, 0.1) is 0 Å². The van der Waals surface area contributed by atoms with E-state index in [1.807, 2.05) is 24.3 Å². The average Bonchev–Trinajstić information content (AvgIpc) is 3.29. The van der Waals surface area contributed by atoms with E-state index in [1.165, 1.54) is 5.56 Å². The molecule has 0 radical (unpaired) electrons. The molecular weight excluding hydrogens is 476 g/mol. The molecule has 4 rings (SSSR count). The summed E-state index contributed by atoms with van der Waals surface area (Å²) >= 11 is 6.73. The number of benzene rings is 2. The topological polar surface area (TPSA) is 68.3 Å². The van der Waals surface area contributed by atoms with Gasteiger partial charge in [-0.2, -0.15) is 0 Å². The molecule has 2 aromatic carbocycles. The SMILES string of the molecule is CCc1cc(Br)c2oc(-c3ccc(NC(=O)c4ccc(Br)o4)cc3)nc2c1. The maximum atomic E-state index is 12.1. The quantitative estimate of drug-likeness (QED) is 0.358. The molecule has 5 nitrogen and oxygen atoms in total. The standard InChI is InChI=1S/C20H14Br2N2O3/c1-2-11-9-14(21)18-15(10-11)24-20(27-18)12-3-5-13(6-4-12)23-19(25)16-7-8-17(22)26-16/h3-10H,2H2,1H3,(H,23,25). The highest BCUT2D eigenvalue weighted by Crippen LogP contribution is 2.31. The average molecular weight is 490 g/mol. The van der Waals surface area contributed by atoms with E-state index in [4.69, 9.17) is 8.83 Å². The number of furan rings is 1. The molecule has 0 atom stereocenters. The Kier molecular flexibility index (Phi) is 4.88. The van der Waals surface area contributed by atoms with Crippen LogP contribution in [-0.4, -0.2) is 10.9 Å². The third-order valence-electron chi connectivity index (χ3n) is 4.10. The number of oxazole rings is 1. The number of anilines is 1. The highest BCUT2D eigenvalue weighted by molar-refractivity contribution is 9.10. The van der Waals surface area contributed by atoms with E-state index < -0.39 is 0 Å². The van der Waals surface area contributed by atoms with Crippen LogP contribution < -0.4 is 5.32 Å². The predicted octanol–water partition coefficient (Wildman–Crippen LogP) is 6.43. The lowest BCUT2D eigenvalue weighted by Gasteiger charge is -2.03. The highest BCUT2D eigenvalue weighted by atomic mass is 79.9.